The van der Waals surface area contributed by atoms with Crippen molar-refractivity contribution in [3.8, 4) is 34.3 Å². The van der Waals surface area contributed by atoms with E-state index in [1.807, 2.05) is 36.4 Å². The Morgan fingerprint density at radius 1 is 0.758 bits per heavy atom. The van der Waals surface area contributed by atoms with Crippen LogP contribution in [0.15, 0.2) is 66.7 Å². The van der Waals surface area contributed by atoms with Crippen LogP contribution in [0.5, 0.6) is 23.0 Å². The quantitative estimate of drug-likeness (QED) is 0.423. The Labute approximate surface area is 191 Å². The molecule has 0 fully saturated rings. The zero-order valence-electron chi connectivity index (χ0n) is 18.8. The number of hydrogen-bond donors (Lipinski definition) is 1. The maximum Gasteiger partial charge on any atom is 0.256 e. The highest BCUT2D eigenvalue weighted by molar-refractivity contribution is 6.13. The van der Waals surface area contributed by atoms with Gasteiger partial charge >= 0.3 is 0 Å². The molecular weight excluding hydrogens is 420 g/mol. The van der Waals surface area contributed by atoms with E-state index in [9.17, 15) is 4.79 Å². The number of carbonyl (C=O) groups excluding carboxylic acids is 1. The number of methoxy groups -OCH3 is 4. The average molecular weight is 444 g/mol. The number of hydrogen-bond acceptors (Lipinski definition) is 6. The minimum absolute atomic E-state index is 0.297. The number of amides is 1. The SMILES string of the molecule is COc1ccc(OC)c(NC(=O)c2cc(-c3ccc(OC)cc3OC)nc3ccccc23)c1. The van der Waals surface area contributed by atoms with Gasteiger partial charge in [-0.05, 0) is 36.4 Å². The van der Waals surface area contributed by atoms with Crippen LogP contribution in [0.25, 0.3) is 22.2 Å². The van der Waals surface area contributed by atoms with E-state index in [-0.39, 0.29) is 5.91 Å². The number of anilines is 1. The van der Waals surface area contributed by atoms with Gasteiger partial charge in [0.1, 0.15) is 23.0 Å². The van der Waals surface area contributed by atoms with Crippen LogP contribution in [0.4, 0.5) is 5.69 Å². The molecule has 0 saturated heterocycles. The van der Waals surface area contributed by atoms with E-state index < -0.39 is 0 Å². The Balaban J connectivity index is 1.83. The lowest BCUT2D eigenvalue weighted by Crippen LogP contribution is -2.14. The zero-order valence-corrected chi connectivity index (χ0v) is 18.8. The Morgan fingerprint density at radius 2 is 1.45 bits per heavy atom. The van der Waals surface area contributed by atoms with Crippen LogP contribution >= 0.6 is 0 Å². The van der Waals surface area contributed by atoms with Crippen molar-refractivity contribution in [3.05, 3.63) is 72.3 Å². The van der Waals surface area contributed by atoms with Crippen molar-refractivity contribution in [3.63, 3.8) is 0 Å². The lowest BCUT2D eigenvalue weighted by Gasteiger charge is -2.15. The second kappa shape index (κ2) is 9.48. The third-order valence-electron chi connectivity index (χ3n) is 5.30. The second-order valence-corrected chi connectivity index (χ2v) is 7.16. The van der Waals surface area contributed by atoms with Gasteiger partial charge in [-0.2, -0.15) is 0 Å². The number of ether oxygens (including phenoxy) is 4. The van der Waals surface area contributed by atoms with E-state index >= 15 is 0 Å². The third kappa shape index (κ3) is 4.39. The van der Waals surface area contributed by atoms with Gasteiger partial charge in [0.2, 0.25) is 0 Å². The summed E-state index contributed by atoms with van der Waals surface area (Å²) in [7, 11) is 6.30. The van der Waals surface area contributed by atoms with Gasteiger partial charge in [-0.25, -0.2) is 4.98 Å². The number of nitrogens with one attached hydrogen (secondary N) is 1. The van der Waals surface area contributed by atoms with Crippen molar-refractivity contribution >= 4 is 22.5 Å². The number of nitrogens with zero attached hydrogens (tertiary/aromatic N) is 1. The van der Waals surface area contributed by atoms with E-state index in [1.165, 1.54) is 0 Å². The lowest BCUT2D eigenvalue weighted by molar-refractivity contribution is 0.102. The third-order valence-corrected chi connectivity index (χ3v) is 5.30. The molecule has 0 saturated carbocycles. The van der Waals surface area contributed by atoms with Gasteiger partial charge < -0.3 is 24.3 Å². The normalized spacial score (nSPS) is 10.5. The fourth-order valence-electron chi connectivity index (χ4n) is 3.61. The molecule has 1 heterocycles. The first-order valence-corrected chi connectivity index (χ1v) is 10.2. The molecule has 7 heteroatoms. The standard InChI is InChI=1S/C26H24N2O5/c1-30-16-10-12-24(32-3)23(13-16)28-26(29)20-15-22(27-21-8-6-5-7-18(20)21)19-11-9-17(31-2)14-25(19)33-4/h5-15H,1-4H3,(H,28,29). The number of benzene rings is 3. The summed E-state index contributed by atoms with van der Waals surface area (Å²) in [5.41, 5.74) is 3.02. The molecule has 4 rings (SSSR count). The summed E-state index contributed by atoms with van der Waals surface area (Å²) in [5.74, 6) is 2.10. The first kappa shape index (κ1) is 22.0. The minimum atomic E-state index is -0.297. The molecule has 168 valence electrons. The first-order valence-electron chi connectivity index (χ1n) is 10.2. The summed E-state index contributed by atoms with van der Waals surface area (Å²) in [6.07, 6.45) is 0. The maximum atomic E-state index is 13.4. The van der Waals surface area contributed by atoms with Gasteiger partial charge in [0.15, 0.2) is 0 Å². The number of para-hydroxylation sites is 1. The molecule has 0 aliphatic heterocycles. The Morgan fingerprint density at radius 3 is 2.18 bits per heavy atom. The average Bonchev–Trinajstić information content (AvgIpc) is 2.87. The van der Waals surface area contributed by atoms with Crippen LogP contribution in [0.2, 0.25) is 0 Å². The molecular formula is C26H24N2O5. The molecule has 7 nitrogen and oxygen atoms in total. The molecule has 0 aliphatic rings. The van der Waals surface area contributed by atoms with Crippen molar-refractivity contribution in [1.82, 2.24) is 4.98 Å². The molecule has 0 atom stereocenters. The van der Waals surface area contributed by atoms with Crippen molar-refractivity contribution < 1.29 is 23.7 Å². The highest BCUT2D eigenvalue weighted by Gasteiger charge is 2.18. The van der Waals surface area contributed by atoms with E-state index in [0.717, 1.165) is 10.9 Å². The smallest absolute Gasteiger partial charge is 0.256 e. The Kier molecular flexibility index (Phi) is 6.31. The summed E-state index contributed by atoms with van der Waals surface area (Å²) in [6, 6.07) is 20.0. The van der Waals surface area contributed by atoms with Crippen LogP contribution < -0.4 is 24.3 Å². The predicted octanol–water partition coefficient (Wildman–Crippen LogP) is 5.19. The monoisotopic (exact) mass is 444 g/mol. The Hall–Kier alpha value is -4.26. The number of pyridine rings is 1. The van der Waals surface area contributed by atoms with Gasteiger partial charge in [-0.3, -0.25) is 4.79 Å². The molecule has 33 heavy (non-hydrogen) atoms. The Bertz CT molecular complexity index is 1320. The number of rotatable bonds is 7. The van der Waals surface area contributed by atoms with Crippen LogP contribution in [-0.2, 0) is 0 Å². The van der Waals surface area contributed by atoms with Crippen molar-refractivity contribution in [2.45, 2.75) is 0 Å². The second-order valence-electron chi connectivity index (χ2n) is 7.16. The van der Waals surface area contributed by atoms with Crippen LogP contribution in [0, 0.1) is 0 Å². The molecule has 3 aromatic carbocycles. The van der Waals surface area contributed by atoms with Gasteiger partial charge in [0.05, 0.1) is 50.9 Å². The molecule has 1 aromatic heterocycles. The van der Waals surface area contributed by atoms with Gasteiger partial charge in [0, 0.05) is 23.1 Å². The van der Waals surface area contributed by atoms with E-state index in [1.54, 1.807) is 58.8 Å². The van der Waals surface area contributed by atoms with Crippen LogP contribution in [0.3, 0.4) is 0 Å². The highest BCUT2D eigenvalue weighted by Crippen LogP contribution is 2.35. The molecule has 0 aliphatic carbocycles. The predicted molar refractivity (Wildman–Crippen MR) is 128 cm³/mol. The summed E-state index contributed by atoms with van der Waals surface area (Å²) in [5, 5.41) is 3.68. The molecule has 0 spiro atoms. The van der Waals surface area contributed by atoms with Crippen molar-refractivity contribution in [2.24, 2.45) is 0 Å². The van der Waals surface area contributed by atoms with Gasteiger partial charge in [0.25, 0.3) is 5.91 Å². The van der Waals surface area contributed by atoms with E-state index in [2.05, 4.69) is 5.32 Å². The van der Waals surface area contributed by atoms with Gasteiger partial charge in [-0.15, -0.1) is 0 Å². The molecule has 1 amide bonds. The van der Waals surface area contributed by atoms with Crippen LogP contribution in [-0.4, -0.2) is 39.3 Å². The molecule has 0 radical (unpaired) electrons. The highest BCUT2D eigenvalue weighted by atomic mass is 16.5. The number of fused-ring (bicyclic) bond motifs is 1. The van der Waals surface area contributed by atoms with E-state index in [0.29, 0.717) is 45.5 Å². The first-order chi connectivity index (χ1) is 16.1. The summed E-state index contributed by atoms with van der Waals surface area (Å²) in [4.78, 5) is 18.2. The fourth-order valence-corrected chi connectivity index (χ4v) is 3.61. The summed E-state index contributed by atoms with van der Waals surface area (Å²) in [6.45, 7) is 0. The van der Waals surface area contributed by atoms with Crippen molar-refractivity contribution in [2.75, 3.05) is 33.8 Å². The van der Waals surface area contributed by atoms with Crippen molar-refractivity contribution in [1.29, 1.82) is 0 Å². The maximum absolute atomic E-state index is 13.4. The summed E-state index contributed by atoms with van der Waals surface area (Å²) >= 11 is 0. The lowest BCUT2D eigenvalue weighted by atomic mass is 10.0. The van der Waals surface area contributed by atoms with E-state index in [4.69, 9.17) is 23.9 Å². The fraction of sp³-hybridized carbons (Fsp3) is 0.154. The summed E-state index contributed by atoms with van der Waals surface area (Å²) < 4.78 is 21.6. The largest absolute Gasteiger partial charge is 0.497 e. The topological polar surface area (TPSA) is 78.9 Å². The number of aromatic nitrogens is 1. The number of carbonyl (C=O) groups is 1. The zero-order chi connectivity index (χ0) is 23.4. The van der Waals surface area contributed by atoms with Crippen LogP contribution in [0.1, 0.15) is 10.4 Å². The molecule has 1 N–H and O–H groups in total. The minimum Gasteiger partial charge on any atom is -0.497 e. The molecule has 0 unspecified atom stereocenters. The molecule has 0 bridgehead atoms. The van der Waals surface area contributed by atoms with Gasteiger partial charge in [-0.1, -0.05) is 18.2 Å². The molecule has 4 aromatic rings.